The van der Waals surface area contributed by atoms with Crippen LogP contribution in [0.4, 0.5) is 34.1 Å². The molecule has 2 heterocycles. The van der Waals surface area contributed by atoms with Gasteiger partial charge in [-0.15, -0.1) is 0 Å². The number of ether oxygens (including phenoxy) is 3. The predicted octanol–water partition coefficient (Wildman–Crippen LogP) is 6.51. The van der Waals surface area contributed by atoms with Gasteiger partial charge in [-0.25, -0.2) is 27.3 Å². The first-order valence-electron chi connectivity index (χ1n) is 13.7. The van der Waals surface area contributed by atoms with Gasteiger partial charge in [0.1, 0.15) is 23.1 Å². The van der Waals surface area contributed by atoms with Gasteiger partial charge in [0.05, 0.1) is 17.6 Å². The van der Waals surface area contributed by atoms with Gasteiger partial charge in [0.25, 0.3) is 6.43 Å². The molecule has 0 radical (unpaired) electrons. The number of hydrogen-bond donors (Lipinski definition) is 2. The van der Waals surface area contributed by atoms with Gasteiger partial charge >= 0.3 is 6.09 Å². The summed E-state index contributed by atoms with van der Waals surface area (Å²) in [6.07, 6.45) is -1.88. The lowest BCUT2D eigenvalue weighted by Gasteiger charge is -2.29. The summed E-state index contributed by atoms with van der Waals surface area (Å²) < 4.78 is 72.6. The van der Waals surface area contributed by atoms with E-state index < -0.39 is 41.6 Å². The van der Waals surface area contributed by atoms with Crippen LogP contribution in [0.1, 0.15) is 50.3 Å². The lowest BCUT2D eigenvalue weighted by atomic mass is 9.97. The number of benzene rings is 2. The predicted molar refractivity (Wildman–Crippen MR) is 155 cm³/mol. The highest BCUT2D eigenvalue weighted by molar-refractivity contribution is 5.93. The number of rotatable bonds is 10. The number of methoxy groups -OCH3 is 2. The minimum atomic E-state index is -2.97. The molecule has 2 N–H and O–H groups in total. The second-order valence-corrected chi connectivity index (χ2v) is 10.9. The third-order valence-electron chi connectivity index (χ3n) is 6.73. The number of aromatic nitrogens is 2. The van der Waals surface area contributed by atoms with Crippen molar-refractivity contribution in [2.45, 2.75) is 52.1 Å². The second-order valence-electron chi connectivity index (χ2n) is 10.9. The maximum Gasteiger partial charge on any atom is 0.410 e. The van der Waals surface area contributed by atoms with Crippen LogP contribution in [0.15, 0.2) is 36.4 Å². The Balaban J connectivity index is 1.67. The standard InChI is InChI=1S/C30H35F4N5O4/c1-30(2,3)43-29(40)39-11-9-17(10-12-39)20-13-21-23(14-22(20)31)37-28(36-16-24(41-4)42-5)38-27(21)35-15-18-7-6-8-19(25(18)32)26(33)34/h6-9,13-14,24,26H,10-12,15-16H2,1-5H3,(H2,35,36,37,38). The Labute approximate surface area is 247 Å². The van der Waals surface area contributed by atoms with Gasteiger partial charge in [-0.2, -0.15) is 4.98 Å². The largest absolute Gasteiger partial charge is 0.444 e. The van der Waals surface area contributed by atoms with Crippen LogP contribution in [0, 0.1) is 11.6 Å². The Hall–Kier alpha value is -3.97. The summed E-state index contributed by atoms with van der Waals surface area (Å²) in [4.78, 5) is 22.9. The maximum atomic E-state index is 15.5. The lowest BCUT2D eigenvalue weighted by Crippen LogP contribution is -2.39. The number of amides is 1. The van der Waals surface area contributed by atoms with Gasteiger partial charge in [-0.1, -0.05) is 24.3 Å². The smallest absolute Gasteiger partial charge is 0.410 e. The molecule has 3 aromatic rings. The molecule has 43 heavy (non-hydrogen) atoms. The molecule has 13 heteroatoms. The van der Waals surface area contributed by atoms with E-state index in [1.807, 2.05) is 0 Å². The topological polar surface area (TPSA) is 97.8 Å². The highest BCUT2D eigenvalue weighted by Gasteiger charge is 2.25. The molecule has 1 aliphatic heterocycles. The summed E-state index contributed by atoms with van der Waals surface area (Å²) in [5.41, 5.74) is -0.0908. The summed E-state index contributed by atoms with van der Waals surface area (Å²) in [5, 5.41) is 6.41. The minimum Gasteiger partial charge on any atom is -0.444 e. The Kier molecular flexibility index (Phi) is 10.1. The van der Waals surface area contributed by atoms with E-state index in [9.17, 15) is 18.0 Å². The van der Waals surface area contributed by atoms with Gasteiger partial charge in [-0.3, -0.25) is 0 Å². The summed E-state index contributed by atoms with van der Waals surface area (Å²) in [6.45, 7) is 5.93. The number of alkyl halides is 2. The van der Waals surface area contributed by atoms with E-state index in [0.717, 1.165) is 6.07 Å². The SMILES string of the molecule is COC(CNc1nc(NCc2cccc(C(F)F)c2F)c2cc(C3=CCN(C(=O)OC(C)(C)C)CC3)c(F)cc2n1)OC. The fraction of sp³-hybridized carbons (Fsp3) is 0.433. The van der Waals surface area contributed by atoms with Crippen LogP contribution in [-0.4, -0.2) is 66.7 Å². The quantitative estimate of drug-likeness (QED) is 0.199. The number of hydrogen-bond acceptors (Lipinski definition) is 8. The third kappa shape index (κ3) is 7.90. The van der Waals surface area contributed by atoms with Crippen LogP contribution >= 0.6 is 0 Å². The van der Waals surface area contributed by atoms with Crippen molar-refractivity contribution in [1.29, 1.82) is 0 Å². The van der Waals surface area contributed by atoms with Crippen molar-refractivity contribution in [2.75, 3.05) is 44.5 Å². The molecule has 1 aromatic heterocycles. The summed E-state index contributed by atoms with van der Waals surface area (Å²) in [7, 11) is 2.94. The van der Waals surface area contributed by atoms with Crippen LogP contribution in [0.3, 0.4) is 0 Å². The molecule has 0 saturated heterocycles. The van der Waals surface area contributed by atoms with Gasteiger partial charge in [0, 0.05) is 56.4 Å². The Morgan fingerprint density at radius 2 is 1.84 bits per heavy atom. The minimum absolute atomic E-state index is 0.0115. The number of nitrogens with zero attached hydrogens (tertiary/aromatic N) is 3. The Morgan fingerprint density at radius 3 is 2.47 bits per heavy atom. The average Bonchev–Trinajstić information content (AvgIpc) is 2.95. The van der Waals surface area contributed by atoms with Crippen LogP contribution in [0.25, 0.3) is 16.5 Å². The van der Waals surface area contributed by atoms with E-state index >= 15 is 4.39 Å². The first kappa shape index (κ1) is 32.0. The highest BCUT2D eigenvalue weighted by atomic mass is 19.3. The third-order valence-corrected chi connectivity index (χ3v) is 6.73. The summed E-state index contributed by atoms with van der Waals surface area (Å²) in [6, 6.07) is 6.64. The molecule has 0 bridgehead atoms. The highest BCUT2D eigenvalue weighted by Crippen LogP contribution is 2.32. The number of carbonyl (C=O) groups is 1. The molecule has 0 aliphatic carbocycles. The molecule has 0 saturated carbocycles. The lowest BCUT2D eigenvalue weighted by molar-refractivity contribution is -0.0914. The van der Waals surface area contributed by atoms with E-state index in [-0.39, 0.29) is 42.5 Å². The van der Waals surface area contributed by atoms with Crippen LogP contribution in [0.2, 0.25) is 0 Å². The van der Waals surface area contributed by atoms with Gasteiger partial charge in [-0.05, 0) is 38.8 Å². The van der Waals surface area contributed by atoms with E-state index in [1.54, 1.807) is 32.9 Å². The number of nitrogens with one attached hydrogen (secondary N) is 2. The molecular formula is C30H35F4N5O4. The first-order valence-corrected chi connectivity index (χ1v) is 13.7. The molecule has 0 fully saturated rings. The molecule has 0 spiro atoms. The summed E-state index contributed by atoms with van der Waals surface area (Å²) in [5.74, 6) is -1.19. The van der Waals surface area contributed by atoms with Crippen molar-refractivity contribution < 1.29 is 36.6 Å². The molecular weight excluding hydrogens is 570 g/mol. The molecule has 0 atom stereocenters. The van der Waals surface area contributed by atoms with Crippen LogP contribution in [-0.2, 0) is 20.8 Å². The number of anilines is 2. The zero-order valence-corrected chi connectivity index (χ0v) is 24.6. The Bertz CT molecular complexity index is 1490. The van der Waals surface area contributed by atoms with E-state index in [0.29, 0.717) is 29.5 Å². The molecule has 4 rings (SSSR count). The molecule has 1 amide bonds. The second kappa shape index (κ2) is 13.6. The molecule has 9 nitrogen and oxygen atoms in total. The molecule has 0 unspecified atom stereocenters. The summed E-state index contributed by atoms with van der Waals surface area (Å²) >= 11 is 0. The van der Waals surface area contributed by atoms with E-state index in [2.05, 4.69) is 20.6 Å². The monoisotopic (exact) mass is 605 g/mol. The van der Waals surface area contributed by atoms with Gasteiger partial charge < -0.3 is 29.7 Å². The van der Waals surface area contributed by atoms with Crippen molar-refractivity contribution in [3.63, 3.8) is 0 Å². The first-order chi connectivity index (χ1) is 20.4. The number of halogens is 4. The van der Waals surface area contributed by atoms with Gasteiger partial charge in [0.2, 0.25) is 5.95 Å². The van der Waals surface area contributed by atoms with Crippen LogP contribution in [0.5, 0.6) is 0 Å². The zero-order chi connectivity index (χ0) is 31.3. The van der Waals surface area contributed by atoms with Crippen molar-refractivity contribution in [2.24, 2.45) is 0 Å². The van der Waals surface area contributed by atoms with Crippen molar-refractivity contribution in [3.05, 3.63) is 64.7 Å². The fourth-order valence-electron chi connectivity index (χ4n) is 4.54. The fourth-order valence-corrected chi connectivity index (χ4v) is 4.54. The van der Waals surface area contributed by atoms with E-state index in [4.69, 9.17) is 14.2 Å². The number of carbonyl (C=O) groups excluding carboxylic acids is 1. The van der Waals surface area contributed by atoms with Crippen molar-refractivity contribution in [3.8, 4) is 0 Å². The average molecular weight is 606 g/mol. The van der Waals surface area contributed by atoms with Crippen LogP contribution < -0.4 is 10.6 Å². The maximum absolute atomic E-state index is 15.5. The van der Waals surface area contributed by atoms with Gasteiger partial charge in [0.15, 0.2) is 6.29 Å². The molecule has 1 aliphatic rings. The molecule has 232 valence electrons. The van der Waals surface area contributed by atoms with E-state index in [1.165, 1.54) is 37.3 Å². The van der Waals surface area contributed by atoms with Crippen molar-refractivity contribution >= 4 is 34.3 Å². The Morgan fingerprint density at radius 1 is 1.09 bits per heavy atom. The normalized spacial score (nSPS) is 13.9. The molecule has 2 aromatic carbocycles. The zero-order valence-electron chi connectivity index (χ0n) is 24.6. The van der Waals surface area contributed by atoms with Crippen molar-refractivity contribution in [1.82, 2.24) is 14.9 Å². The number of fused-ring (bicyclic) bond motifs is 1.